The highest BCUT2D eigenvalue weighted by molar-refractivity contribution is 5.91. The van der Waals surface area contributed by atoms with E-state index in [1.807, 2.05) is 68.4 Å². The van der Waals surface area contributed by atoms with Crippen LogP contribution in [0, 0.1) is 12.3 Å². The number of hydrogen-bond donors (Lipinski definition) is 1. The van der Waals surface area contributed by atoms with Crippen molar-refractivity contribution in [2.75, 3.05) is 25.0 Å². The third-order valence-electron chi connectivity index (χ3n) is 5.34. The number of aryl methyl sites for hydroxylation is 1. The Balaban J connectivity index is 1.80. The molecule has 1 unspecified atom stereocenters. The van der Waals surface area contributed by atoms with Gasteiger partial charge in [0.15, 0.2) is 0 Å². The number of likely N-dealkylation sites (tertiary alicyclic amines) is 1. The van der Waals surface area contributed by atoms with Crippen molar-refractivity contribution >= 4 is 17.7 Å². The van der Waals surface area contributed by atoms with Gasteiger partial charge in [0.25, 0.3) is 0 Å². The normalized spacial score (nSPS) is 19.1. The van der Waals surface area contributed by atoms with E-state index in [0.29, 0.717) is 26.1 Å². The van der Waals surface area contributed by atoms with Gasteiger partial charge in [-0.3, -0.25) is 4.79 Å². The molecule has 1 heterocycles. The molecule has 3 rings (SSSR count). The van der Waals surface area contributed by atoms with Crippen molar-refractivity contribution in [3.05, 3.63) is 65.7 Å². The summed E-state index contributed by atoms with van der Waals surface area (Å²) < 4.78 is 5.43. The number of hydrogen-bond acceptors (Lipinski definition) is 3. The first-order valence-electron chi connectivity index (χ1n) is 9.87. The number of urea groups is 1. The highest BCUT2D eigenvalue weighted by Gasteiger charge is 2.44. The molecule has 5 heteroatoms. The van der Waals surface area contributed by atoms with Crippen LogP contribution in [0.15, 0.2) is 54.6 Å². The molecule has 0 spiro atoms. The van der Waals surface area contributed by atoms with E-state index >= 15 is 0 Å². The number of anilines is 1. The molecule has 0 saturated carbocycles. The number of amides is 2. The first-order valence-corrected chi connectivity index (χ1v) is 9.87. The van der Waals surface area contributed by atoms with E-state index in [2.05, 4.69) is 5.32 Å². The number of nitrogens with one attached hydrogen (secondary N) is 1. The van der Waals surface area contributed by atoms with E-state index in [-0.39, 0.29) is 12.0 Å². The van der Waals surface area contributed by atoms with Crippen molar-refractivity contribution in [2.45, 2.75) is 33.1 Å². The van der Waals surface area contributed by atoms with E-state index < -0.39 is 5.41 Å². The lowest BCUT2D eigenvalue weighted by Gasteiger charge is -2.41. The highest BCUT2D eigenvalue weighted by Crippen LogP contribution is 2.35. The first kappa shape index (κ1) is 19.9. The maximum absolute atomic E-state index is 12.9. The van der Waals surface area contributed by atoms with Gasteiger partial charge in [-0.1, -0.05) is 48.5 Å². The van der Waals surface area contributed by atoms with Crippen molar-refractivity contribution in [3.63, 3.8) is 0 Å². The van der Waals surface area contributed by atoms with Crippen molar-refractivity contribution < 1.29 is 14.3 Å². The summed E-state index contributed by atoms with van der Waals surface area (Å²) in [5.74, 6) is -0.216. The van der Waals surface area contributed by atoms with Gasteiger partial charge in [0.2, 0.25) is 0 Å². The van der Waals surface area contributed by atoms with Gasteiger partial charge in [0.1, 0.15) is 0 Å². The Kier molecular flexibility index (Phi) is 6.34. The van der Waals surface area contributed by atoms with Crippen LogP contribution in [0.25, 0.3) is 0 Å². The topological polar surface area (TPSA) is 58.6 Å². The fourth-order valence-corrected chi connectivity index (χ4v) is 3.87. The first-order chi connectivity index (χ1) is 13.5. The zero-order valence-electron chi connectivity index (χ0n) is 16.6. The lowest BCUT2D eigenvalue weighted by Crippen LogP contribution is -2.52. The summed E-state index contributed by atoms with van der Waals surface area (Å²) in [6, 6.07) is 17.5. The van der Waals surface area contributed by atoms with Crippen LogP contribution >= 0.6 is 0 Å². The van der Waals surface area contributed by atoms with Crippen LogP contribution in [0.2, 0.25) is 0 Å². The van der Waals surface area contributed by atoms with Crippen molar-refractivity contribution in [2.24, 2.45) is 5.41 Å². The third-order valence-corrected chi connectivity index (χ3v) is 5.34. The van der Waals surface area contributed by atoms with E-state index in [1.165, 1.54) is 0 Å². The summed E-state index contributed by atoms with van der Waals surface area (Å²) in [6.07, 6.45) is 2.06. The van der Waals surface area contributed by atoms with Gasteiger partial charge < -0.3 is 15.0 Å². The second-order valence-corrected chi connectivity index (χ2v) is 7.43. The molecule has 1 fully saturated rings. The van der Waals surface area contributed by atoms with E-state index in [9.17, 15) is 9.59 Å². The molecule has 1 saturated heterocycles. The average Bonchev–Trinajstić information content (AvgIpc) is 2.71. The van der Waals surface area contributed by atoms with Gasteiger partial charge in [-0.05, 0) is 50.3 Å². The van der Waals surface area contributed by atoms with E-state index in [0.717, 1.165) is 29.7 Å². The molecule has 2 aromatic rings. The zero-order chi connectivity index (χ0) is 20.0. The van der Waals surface area contributed by atoms with Crippen LogP contribution in [0.1, 0.15) is 30.9 Å². The quantitative estimate of drug-likeness (QED) is 0.782. The Morgan fingerprint density at radius 1 is 1.11 bits per heavy atom. The van der Waals surface area contributed by atoms with E-state index in [1.54, 1.807) is 4.90 Å². The molecule has 5 nitrogen and oxygen atoms in total. The molecular weight excluding hydrogens is 352 g/mol. The van der Waals surface area contributed by atoms with Crippen LogP contribution in [-0.4, -0.2) is 36.6 Å². The Labute approximate surface area is 166 Å². The molecule has 0 aromatic heterocycles. The van der Waals surface area contributed by atoms with Crippen molar-refractivity contribution in [1.82, 2.24) is 4.90 Å². The summed E-state index contributed by atoms with van der Waals surface area (Å²) in [5, 5.41) is 2.99. The van der Waals surface area contributed by atoms with Gasteiger partial charge in [-0.15, -0.1) is 0 Å². The highest BCUT2D eigenvalue weighted by atomic mass is 16.5. The fraction of sp³-hybridized carbons (Fsp3) is 0.391. The number of rotatable bonds is 5. The average molecular weight is 380 g/mol. The van der Waals surface area contributed by atoms with Crippen LogP contribution in [-0.2, 0) is 16.0 Å². The van der Waals surface area contributed by atoms with Gasteiger partial charge >= 0.3 is 12.0 Å². The van der Waals surface area contributed by atoms with Crippen LogP contribution in [0.3, 0.4) is 0 Å². The number of benzene rings is 2. The predicted octanol–water partition coefficient (Wildman–Crippen LogP) is 4.41. The van der Waals surface area contributed by atoms with Crippen molar-refractivity contribution in [3.8, 4) is 0 Å². The van der Waals surface area contributed by atoms with Crippen LogP contribution in [0.5, 0.6) is 0 Å². The Morgan fingerprint density at radius 3 is 2.54 bits per heavy atom. The second kappa shape index (κ2) is 8.91. The molecule has 2 aromatic carbocycles. The van der Waals surface area contributed by atoms with Gasteiger partial charge in [-0.2, -0.15) is 0 Å². The van der Waals surface area contributed by atoms with Crippen LogP contribution in [0.4, 0.5) is 10.5 Å². The van der Waals surface area contributed by atoms with E-state index in [4.69, 9.17) is 4.74 Å². The molecule has 1 aliphatic rings. The second-order valence-electron chi connectivity index (χ2n) is 7.43. The maximum Gasteiger partial charge on any atom is 0.321 e. The van der Waals surface area contributed by atoms with Gasteiger partial charge in [0, 0.05) is 18.8 Å². The molecule has 148 valence electrons. The zero-order valence-corrected chi connectivity index (χ0v) is 16.6. The SMILES string of the molecule is CCOC(=O)C1(Cc2ccccc2)CCCN(C(=O)Nc2ccccc2C)C1. The number of para-hydroxylation sites is 1. The fourth-order valence-electron chi connectivity index (χ4n) is 3.87. The Morgan fingerprint density at radius 2 is 1.82 bits per heavy atom. The Bertz CT molecular complexity index is 822. The molecule has 28 heavy (non-hydrogen) atoms. The molecule has 0 radical (unpaired) electrons. The maximum atomic E-state index is 12.9. The summed E-state index contributed by atoms with van der Waals surface area (Å²) in [6.45, 7) is 5.11. The Hall–Kier alpha value is -2.82. The predicted molar refractivity (Wildman–Crippen MR) is 110 cm³/mol. The van der Waals surface area contributed by atoms with Gasteiger partial charge in [0.05, 0.1) is 12.0 Å². The molecule has 2 amide bonds. The molecule has 0 bridgehead atoms. The molecule has 1 atom stereocenters. The number of ether oxygens (including phenoxy) is 1. The van der Waals surface area contributed by atoms with Crippen molar-refractivity contribution in [1.29, 1.82) is 0 Å². The lowest BCUT2D eigenvalue weighted by atomic mass is 9.75. The molecular formula is C23H28N2O3. The number of nitrogens with zero attached hydrogens (tertiary/aromatic N) is 1. The number of esters is 1. The minimum Gasteiger partial charge on any atom is -0.466 e. The minimum atomic E-state index is -0.710. The number of carbonyl (C=O) groups excluding carboxylic acids is 2. The smallest absolute Gasteiger partial charge is 0.321 e. The molecule has 1 aliphatic heterocycles. The standard InChI is InChI=1S/C23H28N2O3/c1-3-28-21(26)23(16-19-11-5-4-6-12-19)14-9-15-25(17-23)22(27)24-20-13-8-7-10-18(20)2/h4-8,10-13H,3,9,14-17H2,1-2H3,(H,24,27). The van der Waals surface area contributed by atoms with Gasteiger partial charge in [-0.25, -0.2) is 4.79 Å². The third kappa shape index (κ3) is 4.53. The summed E-state index contributed by atoms with van der Waals surface area (Å²) in [4.78, 5) is 27.6. The lowest BCUT2D eigenvalue weighted by molar-refractivity contribution is -0.158. The molecule has 1 N–H and O–H groups in total. The molecule has 0 aliphatic carbocycles. The number of carbonyl (C=O) groups is 2. The minimum absolute atomic E-state index is 0.171. The summed E-state index contributed by atoms with van der Waals surface area (Å²) >= 11 is 0. The largest absolute Gasteiger partial charge is 0.466 e. The van der Waals surface area contributed by atoms with Crippen LogP contribution < -0.4 is 5.32 Å². The number of piperidine rings is 1. The monoisotopic (exact) mass is 380 g/mol. The summed E-state index contributed by atoms with van der Waals surface area (Å²) in [5.41, 5.74) is 2.17. The summed E-state index contributed by atoms with van der Waals surface area (Å²) in [7, 11) is 0.